The zero-order valence-corrected chi connectivity index (χ0v) is 11.4. The fourth-order valence-corrected chi connectivity index (χ4v) is 1.91. The lowest BCUT2D eigenvalue weighted by atomic mass is 10.1. The second-order valence-electron chi connectivity index (χ2n) is 4.57. The van der Waals surface area contributed by atoms with Gasteiger partial charge in [0.25, 0.3) is 5.69 Å². The third kappa shape index (κ3) is 3.96. The topological polar surface area (TPSA) is 73.0 Å². The van der Waals surface area contributed by atoms with Crippen LogP contribution in [0.3, 0.4) is 0 Å². The van der Waals surface area contributed by atoms with Crippen LogP contribution in [0.4, 0.5) is 24.5 Å². The van der Waals surface area contributed by atoms with Crippen LogP contribution in [-0.2, 0) is 12.7 Å². The number of aryl methyl sites for hydroxylation is 1. The van der Waals surface area contributed by atoms with E-state index in [4.69, 9.17) is 0 Å². The number of hydrogen-bond donors (Lipinski definition) is 1. The molecule has 0 atom stereocenters. The molecule has 6 nitrogen and oxygen atoms in total. The van der Waals surface area contributed by atoms with Gasteiger partial charge < -0.3 is 9.88 Å². The summed E-state index contributed by atoms with van der Waals surface area (Å²) in [5.41, 5.74) is -1.55. The number of imidazole rings is 1. The van der Waals surface area contributed by atoms with Crippen molar-refractivity contribution in [2.75, 3.05) is 11.9 Å². The third-order valence-corrected chi connectivity index (χ3v) is 2.99. The highest BCUT2D eigenvalue weighted by Crippen LogP contribution is 2.34. The van der Waals surface area contributed by atoms with E-state index in [-0.39, 0.29) is 5.69 Å². The minimum Gasteiger partial charge on any atom is -0.379 e. The third-order valence-electron chi connectivity index (χ3n) is 2.99. The highest BCUT2D eigenvalue weighted by Gasteiger charge is 2.32. The Bertz CT molecular complexity index is 641. The number of aromatic nitrogens is 2. The smallest absolute Gasteiger partial charge is 0.379 e. The maximum atomic E-state index is 12.6. The van der Waals surface area contributed by atoms with Crippen molar-refractivity contribution >= 4 is 11.4 Å². The minimum absolute atomic E-state index is 0.0728. The monoisotopic (exact) mass is 314 g/mol. The van der Waals surface area contributed by atoms with Crippen molar-refractivity contribution in [3.63, 3.8) is 0 Å². The first-order valence-corrected chi connectivity index (χ1v) is 6.43. The maximum absolute atomic E-state index is 12.6. The van der Waals surface area contributed by atoms with Crippen LogP contribution in [0.2, 0.25) is 0 Å². The Balaban J connectivity index is 2.02. The number of alkyl halides is 3. The lowest BCUT2D eigenvalue weighted by Crippen LogP contribution is -2.10. The molecule has 118 valence electrons. The Kier molecular flexibility index (Phi) is 4.64. The molecule has 0 unspecified atom stereocenters. The summed E-state index contributed by atoms with van der Waals surface area (Å²) in [6.45, 7) is 1.05. The van der Waals surface area contributed by atoms with Gasteiger partial charge in [0.15, 0.2) is 0 Å². The standard InChI is InChI=1S/C13H13F3N4O2/c14-13(15,16)10-2-3-11(12(8-10)20(21)22)18-4-1-6-19-7-5-17-9-19/h2-3,5,7-9,18H,1,4,6H2. The second-order valence-corrected chi connectivity index (χ2v) is 4.57. The fraction of sp³-hybridized carbons (Fsp3) is 0.308. The molecule has 0 saturated heterocycles. The second kappa shape index (κ2) is 6.46. The molecule has 0 aliphatic carbocycles. The zero-order valence-electron chi connectivity index (χ0n) is 11.4. The fourth-order valence-electron chi connectivity index (χ4n) is 1.91. The van der Waals surface area contributed by atoms with Gasteiger partial charge in [-0.3, -0.25) is 10.1 Å². The van der Waals surface area contributed by atoms with Gasteiger partial charge in [-0.25, -0.2) is 4.98 Å². The molecule has 1 N–H and O–H groups in total. The first kappa shape index (κ1) is 15.8. The highest BCUT2D eigenvalue weighted by atomic mass is 19.4. The highest BCUT2D eigenvalue weighted by molar-refractivity contribution is 5.62. The zero-order chi connectivity index (χ0) is 16.2. The van der Waals surface area contributed by atoms with Gasteiger partial charge in [0.1, 0.15) is 5.69 Å². The predicted molar refractivity (Wildman–Crippen MR) is 73.4 cm³/mol. The molecule has 0 fully saturated rings. The number of anilines is 1. The van der Waals surface area contributed by atoms with E-state index in [1.54, 1.807) is 18.7 Å². The Morgan fingerprint density at radius 2 is 2.14 bits per heavy atom. The first-order valence-electron chi connectivity index (χ1n) is 6.43. The lowest BCUT2D eigenvalue weighted by Gasteiger charge is -2.10. The number of benzene rings is 1. The van der Waals surface area contributed by atoms with Gasteiger partial charge in [-0.1, -0.05) is 0 Å². The van der Waals surface area contributed by atoms with Crippen molar-refractivity contribution in [3.8, 4) is 0 Å². The molecule has 0 aliphatic rings. The SMILES string of the molecule is O=[N+]([O-])c1cc(C(F)(F)F)ccc1NCCCn1ccnc1. The van der Waals surface area contributed by atoms with E-state index in [2.05, 4.69) is 10.3 Å². The van der Waals surface area contributed by atoms with Gasteiger partial charge in [-0.15, -0.1) is 0 Å². The van der Waals surface area contributed by atoms with Gasteiger partial charge in [0, 0.05) is 31.5 Å². The van der Waals surface area contributed by atoms with E-state index in [9.17, 15) is 23.3 Å². The predicted octanol–water partition coefficient (Wildman–Crippen LogP) is 3.31. The summed E-state index contributed by atoms with van der Waals surface area (Å²) in [7, 11) is 0. The molecule has 0 spiro atoms. The van der Waals surface area contributed by atoms with Gasteiger partial charge in [0.05, 0.1) is 16.8 Å². The Morgan fingerprint density at radius 3 is 2.73 bits per heavy atom. The molecule has 0 amide bonds. The number of nitro groups is 1. The number of nitro benzene ring substituents is 1. The first-order chi connectivity index (χ1) is 10.4. The molecule has 2 rings (SSSR count). The molecule has 1 aromatic carbocycles. The van der Waals surface area contributed by atoms with Crippen LogP contribution >= 0.6 is 0 Å². The quantitative estimate of drug-likeness (QED) is 0.504. The van der Waals surface area contributed by atoms with Gasteiger partial charge >= 0.3 is 6.18 Å². The molecule has 0 aliphatic heterocycles. The van der Waals surface area contributed by atoms with Crippen molar-refractivity contribution in [1.82, 2.24) is 9.55 Å². The average Bonchev–Trinajstić information content (AvgIpc) is 2.95. The number of rotatable bonds is 6. The normalized spacial score (nSPS) is 11.4. The number of halogens is 3. The van der Waals surface area contributed by atoms with E-state index in [1.165, 1.54) is 0 Å². The number of nitrogens with zero attached hydrogens (tertiary/aromatic N) is 3. The van der Waals surface area contributed by atoms with E-state index < -0.39 is 22.4 Å². The maximum Gasteiger partial charge on any atom is 0.416 e. The summed E-state index contributed by atoms with van der Waals surface area (Å²) in [4.78, 5) is 14.0. The molecule has 22 heavy (non-hydrogen) atoms. The van der Waals surface area contributed by atoms with Gasteiger partial charge in [0.2, 0.25) is 0 Å². The van der Waals surface area contributed by atoms with Crippen LogP contribution in [0.5, 0.6) is 0 Å². The van der Waals surface area contributed by atoms with Crippen molar-refractivity contribution in [2.45, 2.75) is 19.1 Å². The summed E-state index contributed by atoms with van der Waals surface area (Å²) in [5, 5.41) is 13.7. The molecule has 0 radical (unpaired) electrons. The summed E-state index contributed by atoms with van der Waals surface area (Å²) in [5.74, 6) is 0. The van der Waals surface area contributed by atoms with Crippen LogP contribution < -0.4 is 5.32 Å². The van der Waals surface area contributed by atoms with Crippen molar-refractivity contribution in [1.29, 1.82) is 0 Å². The van der Waals surface area contributed by atoms with Crippen molar-refractivity contribution < 1.29 is 18.1 Å². The minimum atomic E-state index is -4.61. The van der Waals surface area contributed by atoms with Crippen LogP contribution in [0.1, 0.15) is 12.0 Å². The van der Waals surface area contributed by atoms with Crippen molar-refractivity contribution in [2.24, 2.45) is 0 Å². The van der Waals surface area contributed by atoms with E-state index in [0.29, 0.717) is 25.6 Å². The number of nitrogens with one attached hydrogen (secondary N) is 1. The van der Waals surface area contributed by atoms with E-state index >= 15 is 0 Å². The van der Waals surface area contributed by atoms with Crippen LogP contribution in [0.15, 0.2) is 36.9 Å². The molecule has 1 heterocycles. The average molecular weight is 314 g/mol. The largest absolute Gasteiger partial charge is 0.416 e. The summed E-state index contributed by atoms with van der Waals surface area (Å²) >= 11 is 0. The Morgan fingerprint density at radius 1 is 1.36 bits per heavy atom. The Hall–Kier alpha value is -2.58. The molecule has 1 aromatic heterocycles. The molecular weight excluding hydrogens is 301 g/mol. The molecule has 0 saturated carbocycles. The van der Waals surface area contributed by atoms with E-state index in [1.807, 2.05) is 4.57 Å². The van der Waals surface area contributed by atoms with Crippen LogP contribution in [-0.4, -0.2) is 21.0 Å². The lowest BCUT2D eigenvalue weighted by molar-refractivity contribution is -0.384. The molecular formula is C13H13F3N4O2. The molecule has 9 heteroatoms. The summed E-state index contributed by atoms with van der Waals surface area (Å²) in [6, 6.07) is 2.45. The number of hydrogen-bond acceptors (Lipinski definition) is 4. The van der Waals surface area contributed by atoms with Crippen LogP contribution in [0, 0.1) is 10.1 Å². The summed E-state index contributed by atoms with van der Waals surface area (Å²) in [6.07, 6.45) is 1.09. The Labute approximate surface area is 123 Å². The van der Waals surface area contributed by atoms with Crippen LogP contribution in [0.25, 0.3) is 0 Å². The summed E-state index contributed by atoms with van der Waals surface area (Å²) < 4.78 is 39.6. The van der Waals surface area contributed by atoms with Gasteiger partial charge in [-0.05, 0) is 18.6 Å². The van der Waals surface area contributed by atoms with E-state index in [0.717, 1.165) is 12.1 Å². The molecule has 2 aromatic rings. The molecule has 0 bridgehead atoms. The van der Waals surface area contributed by atoms with Gasteiger partial charge in [-0.2, -0.15) is 13.2 Å². The van der Waals surface area contributed by atoms with Crippen molar-refractivity contribution in [3.05, 3.63) is 52.6 Å².